The van der Waals surface area contributed by atoms with E-state index in [1.165, 1.54) is 42.8 Å². The van der Waals surface area contributed by atoms with Gasteiger partial charge in [0.1, 0.15) is 26.2 Å². The molecule has 2 heterocycles. The van der Waals surface area contributed by atoms with Crippen LogP contribution >= 0.6 is 0 Å². The molecule has 0 radical (unpaired) electrons. The predicted molar refractivity (Wildman–Crippen MR) is 95.0 cm³/mol. The standard InChI is InChI=1S/C19H30N4O/c1-16(19(24)21-15-17-7-3-2-4-8-17)22-11-13-23(14-12-22)18-9-5-6-10-20-18/h5-6,9-10,16-17H,2-4,7-8,11-15H2,1H3,(H,21,24)/p+2/t16-/m1/s1. The molecule has 1 amide bonds. The highest BCUT2D eigenvalue weighted by molar-refractivity contribution is 5.79. The number of hydrogen-bond acceptors (Lipinski definition) is 2. The Morgan fingerprint density at radius 2 is 2.04 bits per heavy atom. The Morgan fingerprint density at radius 1 is 1.29 bits per heavy atom. The van der Waals surface area contributed by atoms with Gasteiger partial charge < -0.3 is 10.2 Å². The molecule has 1 saturated carbocycles. The molecule has 24 heavy (non-hydrogen) atoms. The lowest BCUT2D eigenvalue weighted by Crippen LogP contribution is -3.19. The Hall–Kier alpha value is -1.62. The van der Waals surface area contributed by atoms with Gasteiger partial charge in [-0.15, -0.1) is 0 Å². The lowest BCUT2D eigenvalue weighted by molar-refractivity contribution is -0.914. The van der Waals surface area contributed by atoms with Crippen LogP contribution in [0.3, 0.4) is 0 Å². The smallest absolute Gasteiger partial charge is 0.278 e. The van der Waals surface area contributed by atoms with Crippen molar-refractivity contribution in [2.45, 2.75) is 45.1 Å². The van der Waals surface area contributed by atoms with Crippen molar-refractivity contribution in [1.82, 2.24) is 5.32 Å². The molecular weight excluding hydrogens is 300 g/mol. The largest absolute Gasteiger partial charge is 0.351 e. The van der Waals surface area contributed by atoms with Crippen LogP contribution < -0.4 is 20.1 Å². The average Bonchev–Trinajstić information content (AvgIpc) is 2.67. The molecule has 0 unspecified atom stereocenters. The van der Waals surface area contributed by atoms with Gasteiger partial charge in [0.05, 0.1) is 6.20 Å². The topological polar surface area (TPSA) is 50.9 Å². The van der Waals surface area contributed by atoms with Gasteiger partial charge in [0.25, 0.3) is 11.7 Å². The summed E-state index contributed by atoms with van der Waals surface area (Å²) in [7, 11) is 0. The molecule has 2 aliphatic rings. The highest BCUT2D eigenvalue weighted by Gasteiger charge is 2.32. The van der Waals surface area contributed by atoms with E-state index in [1.807, 2.05) is 12.3 Å². The van der Waals surface area contributed by atoms with E-state index in [4.69, 9.17) is 0 Å². The normalized spacial score (nSPS) is 21.5. The minimum Gasteiger partial charge on any atom is -0.351 e. The number of amides is 1. The fraction of sp³-hybridized carbons (Fsp3) is 0.684. The van der Waals surface area contributed by atoms with Crippen LogP contribution in [0.2, 0.25) is 0 Å². The molecule has 2 fully saturated rings. The number of aromatic amines is 1. The molecule has 1 aromatic rings. The highest BCUT2D eigenvalue weighted by atomic mass is 16.2. The second-order valence-electron chi connectivity index (χ2n) is 7.36. The summed E-state index contributed by atoms with van der Waals surface area (Å²) in [4.78, 5) is 19.6. The fourth-order valence-corrected chi connectivity index (χ4v) is 4.02. The van der Waals surface area contributed by atoms with Crippen molar-refractivity contribution >= 4 is 11.7 Å². The van der Waals surface area contributed by atoms with Crippen LogP contribution in [0.25, 0.3) is 0 Å². The zero-order valence-electron chi connectivity index (χ0n) is 14.9. The van der Waals surface area contributed by atoms with E-state index in [0.717, 1.165) is 32.7 Å². The predicted octanol–water partition coefficient (Wildman–Crippen LogP) is 0.291. The second kappa shape index (κ2) is 8.47. The summed E-state index contributed by atoms with van der Waals surface area (Å²) in [5.74, 6) is 2.11. The number of nitrogens with one attached hydrogen (secondary N) is 3. The lowest BCUT2D eigenvalue weighted by Gasteiger charge is -2.32. The SMILES string of the molecule is C[C@H](C(=O)NCC1CCCCC1)[NH+]1CCN(c2cccc[nH+]2)CC1. The quantitative estimate of drug-likeness (QED) is 0.814. The molecule has 0 aromatic carbocycles. The Labute approximate surface area is 145 Å². The first-order valence-electron chi connectivity index (χ1n) is 9.58. The molecule has 3 N–H and O–H groups in total. The maximum atomic E-state index is 12.5. The van der Waals surface area contributed by atoms with E-state index >= 15 is 0 Å². The molecule has 1 aliphatic heterocycles. The first kappa shape index (κ1) is 17.2. The number of carbonyl (C=O) groups excluding carboxylic acids is 1. The van der Waals surface area contributed by atoms with Crippen molar-refractivity contribution < 1.29 is 14.7 Å². The zero-order chi connectivity index (χ0) is 16.8. The highest BCUT2D eigenvalue weighted by Crippen LogP contribution is 2.22. The molecule has 1 atom stereocenters. The summed E-state index contributed by atoms with van der Waals surface area (Å²) in [6.07, 6.45) is 8.57. The van der Waals surface area contributed by atoms with Crippen molar-refractivity contribution in [3.8, 4) is 0 Å². The van der Waals surface area contributed by atoms with E-state index in [1.54, 1.807) is 0 Å². The van der Waals surface area contributed by atoms with Crippen molar-refractivity contribution in [2.75, 3.05) is 37.6 Å². The number of carbonyl (C=O) groups is 1. The Bertz CT molecular complexity index is 507. The van der Waals surface area contributed by atoms with Crippen molar-refractivity contribution in [2.24, 2.45) is 5.92 Å². The molecule has 5 heteroatoms. The third kappa shape index (κ3) is 4.47. The van der Waals surface area contributed by atoms with Gasteiger partial charge in [-0.3, -0.25) is 9.69 Å². The Balaban J connectivity index is 1.42. The van der Waals surface area contributed by atoms with E-state index < -0.39 is 0 Å². The van der Waals surface area contributed by atoms with Crippen LogP contribution in [-0.4, -0.2) is 44.7 Å². The molecule has 3 rings (SSSR count). The summed E-state index contributed by atoms with van der Waals surface area (Å²) >= 11 is 0. The molecule has 0 bridgehead atoms. The molecule has 1 saturated heterocycles. The van der Waals surface area contributed by atoms with Gasteiger partial charge in [0, 0.05) is 12.6 Å². The van der Waals surface area contributed by atoms with Gasteiger partial charge >= 0.3 is 0 Å². The first-order chi connectivity index (χ1) is 11.7. The maximum Gasteiger partial charge on any atom is 0.278 e. The van der Waals surface area contributed by atoms with E-state index in [9.17, 15) is 4.79 Å². The number of quaternary nitrogens is 1. The van der Waals surface area contributed by atoms with Gasteiger partial charge in [0.15, 0.2) is 6.04 Å². The minimum atomic E-state index is 0.0514. The summed E-state index contributed by atoms with van der Waals surface area (Å²) in [6, 6.07) is 6.23. The molecule has 5 nitrogen and oxygen atoms in total. The van der Waals surface area contributed by atoms with Gasteiger partial charge in [-0.2, -0.15) is 0 Å². The van der Waals surface area contributed by atoms with Gasteiger partial charge in [-0.05, 0) is 31.7 Å². The summed E-state index contributed by atoms with van der Waals surface area (Å²) < 4.78 is 0. The molecule has 1 aromatic heterocycles. The maximum absolute atomic E-state index is 12.5. The molecular formula is C19H32N4O+2. The van der Waals surface area contributed by atoms with Crippen LogP contribution in [-0.2, 0) is 4.79 Å². The molecule has 132 valence electrons. The van der Waals surface area contributed by atoms with Crippen LogP contribution in [0.5, 0.6) is 0 Å². The number of rotatable bonds is 5. The van der Waals surface area contributed by atoms with Crippen molar-refractivity contribution in [1.29, 1.82) is 0 Å². The number of pyridine rings is 1. The zero-order valence-corrected chi connectivity index (χ0v) is 14.9. The number of H-pyrrole nitrogens is 1. The lowest BCUT2D eigenvalue weighted by atomic mass is 9.89. The van der Waals surface area contributed by atoms with Crippen molar-refractivity contribution in [3.63, 3.8) is 0 Å². The fourth-order valence-electron chi connectivity index (χ4n) is 4.02. The number of anilines is 1. The van der Waals surface area contributed by atoms with Crippen LogP contribution in [0.15, 0.2) is 24.4 Å². The average molecular weight is 332 g/mol. The Kier molecular flexibility index (Phi) is 6.07. The van der Waals surface area contributed by atoms with E-state index in [-0.39, 0.29) is 11.9 Å². The van der Waals surface area contributed by atoms with Gasteiger partial charge in [-0.1, -0.05) is 25.3 Å². The summed E-state index contributed by atoms with van der Waals surface area (Å²) in [5, 5.41) is 3.21. The van der Waals surface area contributed by atoms with Crippen LogP contribution in [0.1, 0.15) is 39.0 Å². The minimum absolute atomic E-state index is 0.0514. The van der Waals surface area contributed by atoms with Gasteiger partial charge in [0.2, 0.25) is 0 Å². The summed E-state index contributed by atoms with van der Waals surface area (Å²) in [5.41, 5.74) is 0. The monoisotopic (exact) mass is 332 g/mol. The van der Waals surface area contributed by atoms with E-state index in [2.05, 4.69) is 34.3 Å². The number of nitrogens with zero attached hydrogens (tertiary/aromatic N) is 1. The van der Waals surface area contributed by atoms with Crippen LogP contribution in [0, 0.1) is 5.92 Å². The third-order valence-corrected chi connectivity index (χ3v) is 5.73. The molecule has 0 spiro atoms. The van der Waals surface area contributed by atoms with Crippen molar-refractivity contribution in [3.05, 3.63) is 24.4 Å². The van der Waals surface area contributed by atoms with E-state index in [0.29, 0.717) is 5.92 Å². The second-order valence-corrected chi connectivity index (χ2v) is 7.36. The number of aromatic nitrogens is 1. The Morgan fingerprint density at radius 3 is 2.71 bits per heavy atom. The first-order valence-corrected chi connectivity index (χ1v) is 9.58. The summed E-state index contributed by atoms with van der Waals surface area (Å²) in [6.45, 7) is 6.98. The number of hydrogen-bond donors (Lipinski definition) is 2. The number of piperazine rings is 1. The molecule has 1 aliphatic carbocycles. The van der Waals surface area contributed by atoms with Gasteiger partial charge in [-0.25, -0.2) is 4.98 Å². The van der Waals surface area contributed by atoms with Crippen LogP contribution in [0.4, 0.5) is 5.82 Å². The third-order valence-electron chi connectivity index (χ3n) is 5.73.